The van der Waals surface area contributed by atoms with Crippen molar-refractivity contribution in [3.05, 3.63) is 30.1 Å². The molecule has 0 saturated heterocycles. The largest absolute Gasteiger partial charge is 0.298 e. The Bertz CT molecular complexity index is 447. The van der Waals surface area contributed by atoms with Crippen LogP contribution in [0.25, 0.3) is 5.95 Å². The van der Waals surface area contributed by atoms with Crippen molar-refractivity contribution in [2.75, 3.05) is 0 Å². The number of aromatic nitrogens is 5. The molecule has 0 atom stereocenters. The van der Waals surface area contributed by atoms with Crippen LogP contribution in [-0.2, 0) is 0 Å². The number of carbonyl (C=O) groups is 1. The fraction of sp³-hybridized carbons (Fsp3) is 0.125. The summed E-state index contributed by atoms with van der Waals surface area (Å²) in [6.45, 7) is 1.77. The molecule has 0 N–H and O–H groups in total. The molecule has 6 nitrogen and oxygen atoms in total. The van der Waals surface area contributed by atoms with Crippen molar-refractivity contribution >= 4 is 6.29 Å². The highest BCUT2D eigenvalue weighted by Crippen LogP contribution is 1.98. The van der Waals surface area contributed by atoms with Crippen molar-refractivity contribution in [1.82, 2.24) is 24.7 Å². The minimum atomic E-state index is 0.399. The molecule has 0 bridgehead atoms. The summed E-state index contributed by atoms with van der Waals surface area (Å²) in [5.74, 6) is 1.05. The molecule has 14 heavy (non-hydrogen) atoms. The quantitative estimate of drug-likeness (QED) is 0.630. The van der Waals surface area contributed by atoms with Gasteiger partial charge in [0.2, 0.25) is 0 Å². The summed E-state index contributed by atoms with van der Waals surface area (Å²) in [5, 5.41) is 4.03. The van der Waals surface area contributed by atoms with Crippen LogP contribution in [0.5, 0.6) is 0 Å². The first-order chi connectivity index (χ1) is 6.79. The molecule has 0 aliphatic rings. The van der Waals surface area contributed by atoms with E-state index in [2.05, 4.69) is 20.1 Å². The summed E-state index contributed by atoms with van der Waals surface area (Å²) in [4.78, 5) is 22.2. The van der Waals surface area contributed by atoms with Crippen LogP contribution < -0.4 is 0 Å². The summed E-state index contributed by atoms with van der Waals surface area (Å²) in [6, 6.07) is 0. The Kier molecular flexibility index (Phi) is 2.02. The Hall–Kier alpha value is -2.11. The van der Waals surface area contributed by atoms with Crippen LogP contribution >= 0.6 is 0 Å². The van der Waals surface area contributed by atoms with Crippen molar-refractivity contribution in [1.29, 1.82) is 0 Å². The van der Waals surface area contributed by atoms with E-state index in [0.29, 0.717) is 23.6 Å². The van der Waals surface area contributed by atoms with Gasteiger partial charge in [-0.05, 0) is 6.92 Å². The van der Waals surface area contributed by atoms with Crippen molar-refractivity contribution in [2.45, 2.75) is 6.92 Å². The highest BCUT2D eigenvalue weighted by molar-refractivity contribution is 5.73. The first-order valence-electron chi connectivity index (χ1n) is 3.95. The molecule has 2 aromatic rings. The maximum atomic E-state index is 10.3. The Balaban J connectivity index is 2.38. The third-order valence-electron chi connectivity index (χ3n) is 1.61. The zero-order valence-electron chi connectivity index (χ0n) is 7.45. The third-order valence-corrected chi connectivity index (χ3v) is 1.61. The van der Waals surface area contributed by atoms with E-state index in [-0.39, 0.29) is 0 Å². The van der Waals surface area contributed by atoms with Gasteiger partial charge in [-0.2, -0.15) is 4.68 Å². The SMILES string of the molecule is Cc1ncn(-c2ncc(C=O)cn2)n1. The van der Waals surface area contributed by atoms with E-state index in [4.69, 9.17) is 0 Å². The predicted octanol–water partition coefficient (Wildman–Crippen LogP) is 0.178. The van der Waals surface area contributed by atoms with Gasteiger partial charge in [-0.1, -0.05) is 0 Å². The zero-order chi connectivity index (χ0) is 9.97. The van der Waals surface area contributed by atoms with Gasteiger partial charge < -0.3 is 0 Å². The molecular formula is C8H7N5O. The number of rotatable bonds is 2. The van der Waals surface area contributed by atoms with E-state index < -0.39 is 0 Å². The molecule has 0 unspecified atom stereocenters. The van der Waals surface area contributed by atoms with Crippen LogP contribution in [0, 0.1) is 6.92 Å². The van der Waals surface area contributed by atoms with Crippen LogP contribution in [0.1, 0.15) is 16.2 Å². The molecule has 6 heteroatoms. The van der Waals surface area contributed by atoms with Gasteiger partial charge in [0.05, 0.1) is 5.56 Å². The van der Waals surface area contributed by atoms with E-state index in [1.54, 1.807) is 6.92 Å². The third kappa shape index (κ3) is 1.49. The van der Waals surface area contributed by atoms with Crippen LogP contribution in [0.15, 0.2) is 18.7 Å². The summed E-state index contributed by atoms with van der Waals surface area (Å²) in [5.41, 5.74) is 0.436. The summed E-state index contributed by atoms with van der Waals surface area (Å²) in [6.07, 6.45) is 5.08. The molecule has 0 amide bonds. The zero-order valence-corrected chi connectivity index (χ0v) is 7.45. The first-order valence-corrected chi connectivity index (χ1v) is 3.95. The molecule has 0 spiro atoms. The minimum Gasteiger partial charge on any atom is -0.298 e. The Morgan fingerprint density at radius 2 is 2.00 bits per heavy atom. The smallest absolute Gasteiger partial charge is 0.252 e. The van der Waals surface area contributed by atoms with Gasteiger partial charge in [-0.3, -0.25) is 4.79 Å². The number of aryl methyl sites for hydroxylation is 1. The maximum absolute atomic E-state index is 10.3. The lowest BCUT2D eigenvalue weighted by Crippen LogP contribution is -2.02. The Morgan fingerprint density at radius 3 is 2.50 bits per heavy atom. The predicted molar refractivity (Wildman–Crippen MR) is 47.1 cm³/mol. The number of hydrogen-bond donors (Lipinski definition) is 0. The van der Waals surface area contributed by atoms with Gasteiger partial charge in [0, 0.05) is 12.4 Å². The monoisotopic (exact) mass is 189 g/mol. The molecule has 0 radical (unpaired) electrons. The van der Waals surface area contributed by atoms with Crippen LogP contribution in [-0.4, -0.2) is 31.0 Å². The van der Waals surface area contributed by atoms with Crippen molar-refractivity contribution in [3.8, 4) is 5.95 Å². The number of nitrogens with zero attached hydrogens (tertiary/aromatic N) is 5. The highest BCUT2D eigenvalue weighted by atomic mass is 16.1. The second-order valence-corrected chi connectivity index (χ2v) is 2.67. The van der Waals surface area contributed by atoms with Crippen LogP contribution in [0.3, 0.4) is 0 Å². The highest BCUT2D eigenvalue weighted by Gasteiger charge is 2.01. The molecule has 0 aliphatic carbocycles. The van der Waals surface area contributed by atoms with E-state index in [1.807, 2.05) is 0 Å². The minimum absolute atomic E-state index is 0.399. The number of carbonyl (C=O) groups excluding carboxylic acids is 1. The topological polar surface area (TPSA) is 73.6 Å². The fourth-order valence-corrected chi connectivity index (χ4v) is 0.953. The summed E-state index contributed by atoms with van der Waals surface area (Å²) < 4.78 is 1.45. The van der Waals surface area contributed by atoms with E-state index in [1.165, 1.54) is 23.4 Å². The van der Waals surface area contributed by atoms with Gasteiger partial charge in [0.1, 0.15) is 12.2 Å². The number of aldehydes is 1. The van der Waals surface area contributed by atoms with Crippen molar-refractivity contribution in [2.24, 2.45) is 0 Å². The molecule has 70 valence electrons. The average Bonchev–Trinajstić information content (AvgIpc) is 2.65. The maximum Gasteiger partial charge on any atom is 0.252 e. The van der Waals surface area contributed by atoms with E-state index in [0.717, 1.165) is 0 Å². The fourth-order valence-electron chi connectivity index (χ4n) is 0.953. The molecule has 0 aromatic carbocycles. The van der Waals surface area contributed by atoms with Gasteiger partial charge >= 0.3 is 0 Å². The molecule has 0 fully saturated rings. The van der Waals surface area contributed by atoms with Crippen LogP contribution in [0.2, 0.25) is 0 Å². The van der Waals surface area contributed by atoms with Crippen molar-refractivity contribution < 1.29 is 4.79 Å². The second-order valence-electron chi connectivity index (χ2n) is 2.67. The van der Waals surface area contributed by atoms with Gasteiger partial charge in [0.15, 0.2) is 6.29 Å². The normalized spacial score (nSPS) is 10.1. The van der Waals surface area contributed by atoms with E-state index >= 15 is 0 Å². The lowest BCUT2D eigenvalue weighted by Gasteiger charge is -1.96. The number of hydrogen-bond acceptors (Lipinski definition) is 5. The molecular weight excluding hydrogens is 182 g/mol. The molecule has 0 aliphatic heterocycles. The molecule has 2 heterocycles. The average molecular weight is 189 g/mol. The molecule has 0 saturated carbocycles. The van der Waals surface area contributed by atoms with Crippen LogP contribution in [0.4, 0.5) is 0 Å². The van der Waals surface area contributed by atoms with Gasteiger partial charge in [0.25, 0.3) is 5.95 Å². The lowest BCUT2D eigenvalue weighted by molar-refractivity contribution is 0.112. The first kappa shape index (κ1) is 8.49. The lowest BCUT2D eigenvalue weighted by atomic mass is 10.4. The second kappa shape index (κ2) is 3.33. The van der Waals surface area contributed by atoms with Gasteiger partial charge in [-0.25, -0.2) is 15.0 Å². The van der Waals surface area contributed by atoms with Crippen molar-refractivity contribution in [3.63, 3.8) is 0 Å². The Morgan fingerprint density at radius 1 is 1.29 bits per heavy atom. The van der Waals surface area contributed by atoms with E-state index in [9.17, 15) is 4.79 Å². The molecule has 2 rings (SSSR count). The van der Waals surface area contributed by atoms with Gasteiger partial charge in [-0.15, -0.1) is 5.10 Å². The standard InChI is InChI=1S/C8H7N5O/c1-6-11-5-13(12-6)8-9-2-7(4-14)3-10-8/h2-5H,1H3. The summed E-state index contributed by atoms with van der Waals surface area (Å²) in [7, 11) is 0. The Labute approximate surface area is 79.6 Å². The molecule has 2 aromatic heterocycles. The summed E-state index contributed by atoms with van der Waals surface area (Å²) >= 11 is 0.